The summed E-state index contributed by atoms with van der Waals surface area (Å²) >= 11 is 0. The third-order valence-electron chi connectivity index (χ3n) is 8.03. The number of nitrogens with zero attached hydrogens (tertiary/aromatic N) is 6. The summed E-state index contributed by atoms with van der Waals surface area (Å²) in [5, 5.41) is 2.13. The molecular formula is C36H40N8O3. The smallest absolute Gasteiger partial charge is 0.152 e. The monoisotopic (exact) mass is 632 g/mol. The number of ether oxygens (including phenoxy) is 3. The Labute approximate surface area is 273 Å². The maximum Gasteiger partial charge on any atom is 0.152 e. The second-order valence-corrected chi connectivity index (χ2v) is 11.1. The van der Waals surface area contributed by atoms with Gasteiger partial charge in [-0.05, 0) is 49.6 Å². The van der Waals surface area contributed by atoms with Gasteiger partial charge in [0.15, 0.2) is 11.6 Å². The molecule has 0 bridgehead atoms. The van der Waals surface area contributed by atoms with E-state index in [9.17, 15) is 0 Å². The summed E-state index contributed by atoms with van der Waals surface area (Å²) in [6.07, 6.45) is 5.59. The first-order valence-electron chi connectivity index (χ1n) is 15.8. The molecule has 0 saturated heterocycles. The molecule has 0 fully saturated rings. The van der Waals surface area contributed by atoms with Crippen LogP contribution in [-0.2, 0) is 29.0 Å². The quantitative estimate of drug-likeness (QED) is 0.155. The Morgan fingerprint density at radius 3 is 1.72 bits per heavy atom. The van der Waals surface area contributed by atoms with Crippen LogP contribution in [-0.4, -0.2) is 62.6 Å². The van der Waals surface area contributed by atoms with Gasteiger partial charge in [0, 0.05) is 37.1 Å². The van der Waals surface area contributed by atoms with E-state index in [1.54, 1.807) is 13.4 Å². The fourth-order valence-electron chi connectivity index (χ4n) is 5.69. The van der Waals surface area contributed by atoms with Gasteiger partial charge in [0.1, 0.15) is 16.8 Å². The van der Waals surface area contributed by atoms with E-state index in [0.717, 1.165) is 88.8 Å². The molecule has 7 aromatic rings. The number of aromatic nitrogens is 6. The predicted octanol–water partition coefficient (Wildman–Crippen LogP) is 6.03. The molecule has 11 heteroatoms. The zero-order chi connectivity index (χ0) is 32.6. The number of nitrogen functional groups attached to an aromatic ring is 2. The second-order valence-electron chi connectivity index (χ2n) is 11.1. The maximum atomic E-state index is 6.08. The first kappa shape index (κ1) is 31.7. The molecule has 47 heavy (non-hydrogen) atoms. The molecule has 4 aromatic heterocycles. The third kappa shape index (κ3) is 7.11. The van der Waals surface area contributed by atoms with Crippen LogP contribution in [0.4, 0.5) is 11.6 Å². The highest BCUT2D eigenvalue weighted by Crippen LogP contribution is 2.28. The number of rotatable bonds is 12. The minimum Gasteiger partial charge on any atom is -0.497 e. The molecular weight excluding hydrogens is 592 g/mol. The lowest BCUT2D eigenvalue weighted by atomic mass is 10.1. The molecule has 0 saturated carbocycles. The van der Waals surface area contributed by atoms with Crippen molar-refractivity contribution in [1.29, 1.82) is 0 Å². The minimum atomic E-state index is 0.466. The summed E-state index contributed by atoms with van der Waals surface area (Å²) in [6.45, 7) is 6.22. The van der Waals surface area contributed by atoms with Crippen molar-refractivity contribution in [2.75, 3.05) is 45.0 Å². The Kier molecular flexibility index (Phi) is 10.0. The van der Waals surface area contributed by atoms with Crippen molar-refractivity contribution < 1.29 is 14.2 Å². The van der Waals surface area contributed by atoms with Gasteiger partial charge in [-0.15, -0.1) is 0 Å². The number of aryl methyl sites for hydroxylation is 1. The molecule has 0 aliphatic carbocycles. The molecule has 0 aliphatic heterocycles. The summed E-state index contributed by atoms with van der Waals surface area (Å²) in [5.41, 5.74) is 18.7. The van der Waals surface area contributed by atoms with Gasteiger partial charge < -0.3 is 34.8 Å². The molecule has 4 heterocycles. The average Bonchev–Trinajstić information content (AvgIpc) is 3.73. The van der Waals surface area contributed by atoms with E-state index in [4.69, 9.17) is 25.7 Å². The van der Waals surface area contributed by atoms with Gasteiger partial charge in [-0.3, -0.25) is 0 Å². The van der Waals surface area contributed by atoms with Crippen molar-refractivity contribution in [2.45, 2.75) is 32.9 Å². The average molecular weight is 633 g/mol. The topological polar surface area (TPSA) is 141 Å². The number of imidazole rings is 2. The lowest BCUT2D eigenvalue weighted by Gasteiger charge is -2.09. The molecule has 0 aliphatic rings. The Morgan fingerprint density at radius 1 is 0.660 bits per heavy atom. The van der Waals surface area contributed by atoms with Crippen molar-refractivity contribution in [3.63, 3.8) is 0 Å². The number of hydrogen-bond acceptors (Lipinski definition) is 9. The van der Waals surface area contributed by atoms with Crippen molar-refractivity contribution in [2.24, 2.45) is 0 Å². The summed E-state index contributed by atoms with van der Waals surface area (Å²) in [5.74, 6) is 1.83. The van der Waals surface area contributed by atoms with E-state index in [2.05, 4.69) is 47.3 Å². The van der Waals surface area contributed by atoms with Crippen LogP contribution in [0.5, 0.6) is 5.75 Å². The molecule has 7 rings (SSSR count). The first-order chi connectivity index (χ1) is 23.1. The van der Waals surface area contributed by atoms with Gasteiger partial charge in [0.05, 0.1) is 55.0 Å². The summed E-state index contributed by atoms with van der Waals surface area (Å²) in [7, 11) is 1.68. The Hall–Kier alpha value is -5.26. The number of benzene rings is 3. The summed E-state index contributed by atoms with van der Waals surface area (Å²) in [4.78, 5) is 17.6. The second kappa shape index (κ2) is 14.9. The van der Waals surface area contributed by atoms with Crippen molar-refractivity contribution in [3.05, 3.63) is 91.0 Å². The highest BCUT2D eigenvalue weighted by atomic mass is 16.5. The van der Waals surface area contributed by atoms with Crippen LogP contribution in [0, 0.1) is 0 Å². The third-order valence-corrected chi connectivity index (χ3v) is 8.03. The molecule has 4 N–H and O–H groups in total. The Balaban J connectivity index is 0.000000177. The van der Waals surface area contributed by atoms with Crippen LogP contribution in [0.1, 0.15) is 18.9 Å². The van der Waals surface area contributed by atoms with Crippen LogP contribution in [0.2, 0.25) is 0 Å². The van der Waals surface area contributed by atoms with E-state index in [0.29, 0.717) is 24.8 Å². The summed E-state index contributed by atoms with van der Waals surface area (Å²) < 4.78 is 20.6. The van der Waals surface area contributed by atoms with Crippen LogP contribution in [0.25, 0.3) is 43.9 Å². The fraction of sp³-hybridized carbons (Fsp3) is 0.278. The number of fused-ring (bicyclic) bond motifs is 6. The number of anilines is 2. The number of para-hydroxylation sites is 2. The Bertz CT molecular complexity index is 2090. The van der Waals surface area contributed by atoms with Crippen LogP contribution < -0.4 is 16.2 Å². The molecule has 3 aromatic carbocycles. The molecule has 0 unspecified atom stereocenters. The summed E-state index contributed by atoms with van der Waals surface area (Å²) in [6, 6.07) is 24.1. The zero-order valence-electron chi connectivity index (χ0n) is 26.8. The van der Waals surface area contributed by atoms with Crippen molar-refractivity contribution in [1.82, 2.24) is 29.1 Å². The number of hydrogen-bond donors (Lipinski definition) is 2. The van der Waals surface area contributed by atoms with Crippen LogP contribution in [0.3, 0.4) is 0 Å². The fourth-order valence-corrected chi connectivity index (χ4v) is 5.69. The molecule has 0 amide bonds. The number of nitrogens with two attached hydrogens (primary N) is 2. The predicted molar refractivity (Wildman–Crippen MR) is 188 cm³/mol. The molecule has 0 radical (unpaired) electrons. The minimum absolute atomic E-state index is 0.466. The van der Waals surface area contributed by atoms with Gasteiger partial charge >= 0.3 is 0 Å². The molecule has 0 spiro atoms. The number of methoxy groups -OCH3 is 1. The van der Waals surface area contributed by atoms with Gasteiger partial charge in [0.2, 0.25) is 0 Å². The SMILES string of the molecule is CCOCCn1cnc2c(N)nc3ccccc3c21.COc1ccc(CCCOCCn2cnc3c(N)nc4ccccc4c32)cc1. The largest absolute Gasteiger partial charge is 0.497 e. The Morgan fingerprint density at radius 2 is 1.19 bits per heavy atom. The maximum absolute atomic E-state index is 6.08. The zero-order valence-corrected chi connectivity index (χ0v) is 26.8. The van der Waals surface area contributed by atoms with Gasteiger partial charge in [0.25, 0.3) is 0 Å². The molecule has 0 atom stereocenters. The van der Waals surface area contributed by atoms with Crippen molar-refractivity contribution in [3.8, 4) is 5.75 Å². The van der Waals surface area contributed by atoms with Gasteiger partial charge in [-0.1, -0.05) is 48.5 Å². The molecule has 242 valence electrons. The lowest BCUT2D eigenvalue weighted by molar-refractivity contribution is 0.125. The molecule has 11 nitrogen and oxygen atoms in total. The highest BCUT2D eigenvalue weighted by Gasteiger charge is 2.13. The van der Waals surface area contributed by atoms with E-state index >= 15 is 0 Å². The first-order valence-corrected chi connectivity index (χ1v) is 15.8. The van der Waals surface area contributed by atoms with E-state index in [-0.39, 0.29) is 0 Å². The van der Waals surface area contributed by atoms with Crippen molar-refractivity contribution >= 4 is 55.5 Å². The van der Waals surface area contributed by atoms with Crippen LogP contribution in [0.15, 0.2) is 85.5 Å². The van der Waals surface area contributed by atoms with Gasteiger partial charge in [-0.25, -0.2) is 19.9 Å². The van der Waals surface area contributed by atoms with Crippen LogP contribution >= 0.6 is 0 Å². The van der Waals surface area contributed by atoms with E-state index in [1.165, 1.54) is 5.56 Å². The van der Waals surface area contributed by atoms with Gasteiger partial charge in [-0.2, -0.15) is 0 Å². The van der Waals surface area contributed by atoms with E-state index in [1.807, 2.05) is 67.8 Å². The standard InChI is InChI=1S/C22H24N4O2.C14H16N4O/c1-27-17-10-8-16(9-11-17)5-4-13-28-14-12-26-15-24-20-21(26)18-6-2-3-7-19(18)25-22(20)23;1-2-19-8-7-18-9-16-12-13(18)10-5-3-4-6-11(10)17-14(12)15/h2-3,6-11,15H,4-5,12-14H2,1H3,(H2,23,25);3-6,9H,2,7-8H2,1H3,(H2,15,17). The van der Waals surface area contributed by atoms with E-state index < -0.39 is 0 Å². The lowest BCUT2D eigenvalue weighted by Crippen LogP contribution is -2.07. The highest BCUT2D eigenvalue weighted by molar-refractivity contribution is 6.07. The number of pyridine rings is 2. The normalized spacial score (nSPS) is 11.4.